The minimum Gasteiger partial charge on any atom is -0.390 e. The molecule has 0 radical (unpaired) electrons. The fourth-order valence-corrected chi connectivity index (χ4v) is 2.88. The molecule has 3 heteroatoms. The molecule has 1 saturated heterocycles. The lowest BCUT2D eigenvalue weighted by Crippen LogP contribution is -2.37. The Kier molecular flexibility index (Phi) is 8.43. The zero-order valence-corrected chi connectivity index (χ0v) is 13.4. The van der Waals surface area contributed by atoms with Crippen LogP contribution in [0.1, 0.15) is 59.3 Å². The Hall–Kier alpha value is -0.380. The van der Waals surface area contributed by atoms with Crippen molar-refractivity contribution < 1.29 is 14.6 Å². The molecule has 0 unspecified atom stereocenters. The zero-order chi connectivity index (χ0) is 15.0. The molecule has 0 spiro atoms. The fraction of sp³-hybridized carbons (Fsp3) is 0.882. The third kappa shape index (κ3) is 5.55. The lowest BCUT2D eigenvalue weighted by Gasteiger charge is -2.32. The first-order chi connectivity index (χ1) is 9.60. The van der Waals surface area contributed by atoms with Gasteiger partial charge in [-0.15, -0.1) is 0 Å². The molecule has 4 atom stereocenters. The van der Waals surface area contributed by atoms with Gasteiger partial charge in [-0.2, -0.15) is 0 Å². The van der Waals surface area contributed by atoms with Crippen LogP contribution in [-0.2, 0) is 9.47 Å². The molecule has 0 aromatic carbocycles. The molecule has 1 heterocycles. The number of hydrogen-bond donors (Lipinski definition) is 1. The average molecular weight is 284 g/mol. The maximum atomic E-state index is 10.0. The molecule has 20 heavy (non-hydrogen) atoms. The third-order valence-corrected chi connectivity index (χ3v) is 4.19. The van der Waals surface area contributed by atoms with Crippen LogP contribution in [-0.4, -0.2) is 36.6 Å². The van der Waals surface area contributed by atoms with E-state index in [1.807, 2.05) is 6.92 Å². The van der Waals surface area contributed by atoms with E-state index in [9.17, 15) is 5.11 Å². The molecule has 0 aliphatic carbocycles. The quantitative estimate of drug-likeness (QED) is 0.656. The van der Waals surface area contributed by atoms with Crippen molar-refractivity contribution in [3.63, 3.8) is 0 Å². The molecule has 1 aliphatic rings. The van der Waals surface area contributed by atoms with Gasteiger partial charge in [-0.25, -0.2) is 0 Å². The zero-order valence-electron chi connectivity index (χ0n) is 13.4. The summed E-state index contributed by atoms with van der Waals surface area (Å²) in [5.74, 6) is 0.521. The predicted molar refractivity (Wildman–Crippen MR) is 82.8 cm³/mol. The molecule has 1 N–H and O–H groups in total. The Labute approximate surface area is 124 Å². The third-order valence-electron chi connectivity index (χ3n) is 4.19. The highest BCUT2D eigenvalue weighted by Crippen LogP contribution is 2.27. The van der Waals surface area contributed by atoms with Crippen molar-refractivity contribution in [2.24, 2.45) is 5.92 Å². The van der Waals surface area contributed by atoms with Crippen LogP contribution in [0.25, 0.3) is 0 Å². The van der Waals surface area contributed by atoms with E-state index in [0.29, 0.717) is 5.92 Å². The monoisotopic (exact) mass is 284 g/mol. The number of unbranched alkanes of at least 4 members (excludes halogenated alkanes) is 1. The molecule has 1 fully saturated rings. The van der Waals surface area contributed by atoms with Crippen molar-refractivity contribution >= 4 is 0 Å². The molecule has 3 nitrogen and oxygen atoms in total. The first-order valence-corrected chi connectivity index (χ1v) is 8.19. The molecule has 0 aromatic rings. The van der Waals surface area contributed by atoms with Crippen molar-refractivity contribution in [1.29, 1.82) is 0 Å². The fourth-order valence-electron chi connectivity index (χ4n) is 2.88. The Morgan fingerprint density at radius 1 is 1.45 bits per heavy atom. The maximum absolute atomic E-state index is 10.0. The minimum atomic E-state index is -0.399. The van der Waals surface area contributed by atoms with Crippen LogP contribution >= 0.6 is 0 Å². The highest BCUT2D eigenvalue weighted by Gasteiger charge is 2.29. The number of aliphatic hydroxyl groups excluding tert-OH is 1. The highest BCUT2D eigenvalue weighted by atomic mass is 16.5. The van der Waals surface area contributed by atoms with E-state index in [4.69, 9.17) is 9.47 Å². The van der Waals surface area contributed by atoms with Gasteiger partial charge in [0.25, 0.3) is 0 Å². The normalized spacial score (nSPS) is 26.2. The van der Waals surface area contributed by atoms with E-state index < -0.39 is 6.10 Å². The van der Waals surface area contributed by atoms with Gasteiger partial charge in [0.1, 0.15) is 6.10 Å². The smallest absolute Gasteiger partial charge is 0.104 e. The van der Waals surface area contributed by atoms with Gasteiger partial charge in [0.15, 0.2) is 0 Å². The summed E-state index contributed by atoms with van der Waals surface area (Å²) in [7, 11) is 0. The Morgan fingerprint density at radius 2 is 2.20 bits per heavy atom. The van der Waals surface area contributed by atoms with Gasteiger partial charge in [-0.3, -0.25) is 0 Å². The van der Waals surface area contributed by atoms with E-state index in [-0.39, 0.29) is 12.2 Å². The number of hydrogen-bond acceptors (Lipinski definition) is 3. The second-order valence-electron chi connectivity index (χ2n) is 5.98. The highest BCUT2D eigenvalue weighted by molar-refractivity contribution is 5.08. The van der Waals surface area contributed by atoms with Crippen LogP contribution in [0.3, 0.4) is 0 Å². The van der Waals surface area contributed by atoms with Crippen molar-refractivity contribution in [2.75, 3.05) is 13.2 Å². The molecule has 1 aliphatic heterocycles. The molecule has 0 aromatic heterocycles. The van der Waals surface area contributed by atoms with Crippen molar-refractivity contribution in [1.82, 2.24) is 0 Å². The van der Waals surface area contributed by atoms with Crippen LogP contribution in [0.5, 0.6) is 0 Å². The van der Waals surface area contributed by atoms with Crippen molar-refractivity contribution in [3.05, 3.63) is 12.2 Å². The van der Waals surface area contributed by atoms with E-state index in [0.717, 1.165) is 38.0 Å². The molecule has 0 bridgehead atoms. The van der Waals surface area contributed by atoms with E-state index in [1.54, 1.807) is 0 Å². The van der Waals surface area contributed by atoms with Crippen LogP contribution in [0.15, 0.2) is 12.2 Å². The van der Waals surface area contributed by atoms with Gasteiger partial charge in [-0.05, 0) is 44.1 Å². The predicted octanol–water partition coefficient (Wildman–Crippen LogP) is 3.70. The number of ether oxygens (including phenoxy) is 2. The van der Waals surface area contributed by atoms with Crippen LogP contribution in [0.2, 0.25) is 0 Å². The SMILES string of the molecule is C=C(C[C@H](OCC)[C@@H](C)CCCC)[C@@H]1OCCC[C@H]1O. The first-order valence-electron chi connectivity index (χ1n) is 8.19. The summed E-state index contributed by atoms with van der Waals surface area (Å²) in [6.07, 6.45) is 5.77. The van der Waals surface area contributed by atoms with E-state index >= 15 is 0 Å². The molecular weight excluding hydrogens is 252 g/mol. The number of rotatable bonds is 9. The summed E-state index contributed by atoms with van der Waals surface area (Å²) >= 11 is 0. The Morgan fingerprint density at radius 3 is 2.80 bits per heavy atom. The Balaban J connectivity index is 2.52. The summed E-state index contributed by atoms with van der Waals surface area (Å²) in [6, 6.07) is 0. The molecular formula is C17H32O3. The Bertz CT molecular complexity index is 277. The molecule has 0 amide bonds. The van der Waals surface area contributed by atoms with Gasteiger partial charge in [0.2, 0.25) is 0 Å². The topological polar surface area (TPSA) is 38.7 Å². The van der Waals surface area contributed by atoms with E-state index in [2.05, 4.69) is 20.4 Å². The summed E-state index contributed by atoms with van der Waals surface area (Å²) < 4.78 is 11.6. The average Bonchev–Trinajstić information content (AvgIpc) is 2.44. The first kappa shape index (κ1) is 17.7. The van der Waals surface area contributed by atoms with Gasteiger partial charge in [0, 0.05) is 13.2 Å². The second-order valence-corrected chi connectivity index (χ2v) is 5.98. The van der Waals surface area contributed by atoms with Gasteiger partial charge in [0.05, 0.1) is 12.2 Å². The summed E-state index contributed by atoms with van der Waals surface area (Å²) in [6.45, 7) is 12.1. The van der Waals surface area contributed by atoms with Crippen LogP contribution in [0.4, 0.5) is 0 Å². The van der Waals surface area contributed by atoms with Gasteiger partial charge >= 0.3 is 0 Å². The van der Waals surface area contributed by atoms with E-state index in [1.165, 1.54) is 19.3 Å². The van der Waals surface area contributed by atoms with Crippen LogP contribution < -0.4 is 0 Å². The molecule has 0 saturated carbocycles. The van der Waals surface area contributed by atoms with Crippen LogP contribution in [0, 0.1) is 5.92 Å². The summed E-state index contributed by atoms with van der Waals surface area (Å²) in [5, 5.41) is 10.0. The summed E-state index contributed by atoms with van der Waals surface area (Å²) in [5.41, 5.74) is 0.985. The lowest BCUT2D eigenvalue weighted by atomic mass is 9.89. The molecule has 1 rings (SSSR count). The standard InChI is InChI=1S/C17H32O3/c1-5-7-9-13(3)16(19-6-2)12-14(4)17-15(18)10-8-11-20-17/h13,15-18H,4-12H2,1-3H3/t13-,15+,16-,17-/m0/s1. The summed E-state index contributed by atoms with van der Waals surface area (Å²) in [4.78, 5) is 0. The minimum absolute atomic E-state index is 0.191. The molecule has 118 valence electrons. The second kappa shape index (κ2) is 9.54. The largest absolute Gasteiger partial charge is 0.390 e. The lowest BCUT2D eigenvalue weighted by molar-refractivity contribution is -0.0605. The van der Waals surface area contributed by atoms with Gasteiger partial charge in [-0.1, -0.05) is 33.3 Å². The number of aliphatic hydroxyl groups is 1. The van der Waals surface area contributed by atoms with Crippen molar-refractivity contribution in [3.8, 4) is 0 Å². The van der Waals surface area contributed by atoms with Crippen molar-refractivity contribution in [2.45, 2.75) is 77.6 Å². The maximum Gasteiger partial charge on any atom is 0.104 e. The van der Waals surface area contributed by atoms with Gasteiger partial charge < -0.3 is 14.6 Å².